The van der Waals surface area contributed by atoms with E-state index in [2.05, 4.69) is 21.2 Å². The zero-order valence-corrected chi connectivity index (χ0v) is 24.7. The average molecular weight is 611 g/mol. The monoisotopic (exact) mass is 609 g/mol. The van der Waals surface area contributed by atoms with Gasteiger partial charge in [-0.25, -0.2) is 8.42 Å². The molecule has 2 aromatic carbocycles. The van der Waals surface area contributed by atoms with E-state index in [1.807, 2.05) is 24.3 Å². The van der Waals surface area contributed by atoms with Crippen LogP contribution in [0, 0.1) is 0 Å². The molecule has 0 bridgehead atoms. The molecule has 1 aliphatic rings. The van der Waals surface area contributed by atoms with E-state index in [1.165, 1.54) is 25.2 Å². The zero-order chi connectivity index (χ0) is 27.9. The van der Waals surface area contributed by atoms with Crippen molar-refractivity contribution in [1.29, 1.82) is 0 Å². The number of halogens is 1. The van der Waals surface area contributed by atoms with Gasteiger partial charge in [0.1, 0.15) is 24.1 Å². The second-order valence-corrected chi connectivity index (χ2v) is 12.3. The Labute approximate surface area is 233 Å². The summed E-state index contributed by atoms with van der Waals surface area (Å²) in [6.07, 6.45) is 6.14. The van der Waals surface area contributed by atoms with E-state index in [-0.39, 0.29) is 29.9 Å². The fourth-order valence-electron chi connectivity index (χ4n) is 4.57. The molecular weight excluding hydrogens is 574 g/mol. The Balaban J connectivity index is 1.92. The van der Waals surface area contributed by atoms with Crippen molar-refractivity contribution in [3.8, 4) is 11.5 Å². The van der Waals surface area contributed by atoms with Crippen molar-refractivity contribution in [3.63, 3.8) is 0 Å². The third-order valence-electron chi connectivity index (χ3n) is 6.70. The summed E-state index contributed by atoms with van der Waals surface area (Å²) in [6.45, 7) is 1.30. The molecule has 0 spiro atoms. The van der Waals surface area contributed by atoms with Crippen molar-refractivity contribution in [1.82, 2.24) is 10.2 Å². The number of anilines is 1. The smallest absolute Gasteiger partial charge is 0.244 e. The highest BCUT2D eigenvalue weighted by Gasteiger charge is 2.32. The van der Waals surface area contributed by atoms with Crippen molar-refractivity contribution in [2.45, 2.75) is 57.7 Å². The maximum Gasteiger partial charge on any atom is 0.244 e. The number of carbonyl (C=O) groups excluding carboxylic acids is 2. The molecule has 3 rings (SSSR count). The van der Waals surface area contributed by atoms with E-state index in [9.17, 15) is 18.0 Å². The summed E-state index contributed by atoms with van der Waals surface area (Å²) in [5.41, 5.74) is 1.00. The predicted molar refractivity (Wildman–Crippen MR) is 151 cm³/mol. The minimum Gasteiger partial charge on any atom is -0.497 e. The lowest BCUT2D eigenvalue weighted by Crippen LogP contribution is -2.53. The Morgan fingerprint density at radius 2 is 1.79 bits per heavy atom. The number of amides is 2. The number of ether oxygens (including phenoxy) is 2. The van der Waals surface area contributed by atoms with Crippen molar-refractivity contribution >= 4 is 43.5 Å². The lowest BCUT2D eigenvalue weighted by molar-refractivity contribution is -0.139. The maximum absolute atomic E-state index is 13.8. The van der Waals surface area contributed by atoms with Crippen molar-refractivity contribution in [2.24, 2.45) is 0 Å². The first kappa shape index (κ1) is 29.8. The summed E-state index contributed by atoms with van der Waals surface area (Å²) in [5.74, 6) is -0.0494. The Kier molecular flexibility index (Phi) is 10.4. The van der Waals surface area contributed by atoms with E-state index in [0.717, 1.165) is 52.7 Å². The van der Waals surface area contributed by atoms with Gasteiger partial charge in [-0.3, -0.25) is 13.9 Å². The molecule has 2 aromatic rings. The fourth-order valence-corrected chi connectivity index (χ4v) is 5.87. The zero-order valence-electron chi connectivity index (χ0n) is 22.3. The highest BCUT2D eigenvalue weighted by Crippen LogP contribution is 2.33. The van der Waals surface area contributed by atoms with Crippen LogP contribution < -0.4 is 19.1 Å². The summed E-state index contributed by atoms with van der Waals surface area (Å²) in [4.78, 5) is 28.5. The molecule has 208 valence electrons. The normalized spacial score (nSPS) is 14.9. The summed E-state index contributed by atoms with van der Waals surface area (Å²) in [5, 5.41) is 3.09. The van der Waals surface area contributed by atoms with Gasteiger partial charge in [0.25, 0.3) is 0 Å². The van der Waals surface area contributed by atoms with Crippen LogP contribution in [0.4, 0.5) is 5.69 Å². The van der Waals surface area contributed by atoms with Crippen LogP contribution in [-0.4, -0.2) is 64.2 Å². The van der Waals surface area contributed by atoms with Crippen LogP contribution in [0.3, 0.4) is 0 Å². The number of hydrogen-bond acceptors (Lipinski definition) is 6. The van der Waals surface area contributed by atoms with Crippen molar-refractivity contribution in [3.05, 3.63) is 52.5 Å². The van der Waals surface area contributed by atoms with Gasteiger partial charge in [0.05, 0.1) is 26.2 Å². The van der Waals surface area contributed by atoms with Crippen LogP contribution in [0.1, 0.15) is 44.6 Å². The number of methoxy groups -OCH3 is 2. The first-order valence-corrected chi connectivity index (χ1v) is 15.2. The highest BCUT2D eigenvalue weighted by atomic mass is 79.9. The quantitative estimate of drug-likeness (QED) is 0.411. The summed E-state index contributed by atoms with van der Waals surface area (Å²) >= 11 is 3.45. The van der Waals surface area contributed by atoms with Crippen LogP contribution in [0.25, 0.3) is 0 Å². The Hall–Kier alpha value is -2.79. The SMILES string of the molecule is COc1ccc(N(CC(=O)N(Cc2cccc(Br)c2)C(C)C(=O)NC2CCCCC2)S(C)(=O)=O)c(OC)c1. The van der Waals surface area contributed by atoms with Crippen LogP contribution in [0.2, 0.25) is 0 Å². The second-order valence-electron chi connectivity index (χ2n) is 9.48. The third-order valence-corrected chi connectivity index (χ3v) is 8.32. The summed E-state index contributed by atoms with van der Waals surface area (Å²) in [6, 6.07) is 11.4. The standard InChI is InChI=1S/C27H36BrN3O6S/c1-19(27(33)29-22-11-6-5-7-12-22)30(17-20-9-8-10-21(28)15-20)26(32)18-31(38(4,34)35)24-14-13-23(36-2)16-25(24)37-3/h8-10,13-16,19,22H,5-7,11-12,17-18H2,1-4H3,(H,29,33). The molecule has 1 saturated carbocycles. The number of hydrogen-bond donors (Lipinski definition) is 1. The molecule has 2 amide bonds. The van der Waals surface area contributed by atoms with Gasteiger partial charge < -0.3 is 19.7 Å². The first-order chi connectivity index (χ1) is 18.0. The summed E-state index contributed by atoms with van der Waals surface area (Å²) < 4.78 is 38.2. The molecule has 0 aliphatic heterocycles. The number of nitrogens with one attached hydrogen (secondary N) is 1. The van der Waals surface area contributed by atoms with Crippen molar-refractivity contribution in [2.75, 3.05) is 31.3 Å². The van der Waals surface area contributed by atoms with Gasteiger partial charge in [-0.2, -0.15) is 0 Å². The van der Waals surface area contributed by atoms with Crippen LogP contribution >= 0.6 is 15.9 Å². The van der Waals surface area contributed by atoms with Crippen LogP contribution in [0.15, 0.2) is 46.9 Å². The minimum absolute atomic E-state index is 0.0811. The lowest BCUT2D eigenvalue weighted by Gasteiger charge is -2.33. The van der Waals surface area contributed by atoms with E-state index in [1.54, 1.807) is 19.1 Å². The molecule has 1 unspecified atom stereocenters. The van der Waals surface area contributed by atoms with E-state index in [4.69, 9.17) is 9.47 Å². The van der Waals surface area contributed by atoms with Crippen LogP contribution in [0.5, 0.6) is 11.5 Å². The van der Waals surface area contributed by atoms with Gasteiger partial charge in [-0.15, -0.1) is 0 Å². The average Bonchev–Trinajstić information content (AvgIpc) is 2.89. The van der Waals surface area contributed by atoms with Crippen LogP contribution in [-0.2, 0) is 26.2 Å². The van der Waals surface area contributed by atoms with Gasteiger partial charge in [0, 0.05) is 23.1 Å². The third kappa shape index (κ3) is 7.86. The highest BCUT2D eigenvalue weighted by molar-refractivity contribution is 9.10. The predicted octanol–water partition coefficient (Wildman–Crippen LogP) is 4.10. The topological polar surface area (TPSA) is 105 Å². The Morgan fingerprint density at radius 1 is 1.08 bits per heavy atom. The molecule has 1 atom stereocenters. The van der Waals surface area contributed by atoms with Gasteiger partial charge in [0.2, 0.25) is 21.8 Å². The molecule has 0 aromatic heterocycles. The van der Waals surface area contributed by atoms with Gasteiger partial charge in [-0.05, 0) is 49.6 Å². The van der Waals surface area contributed by atoms with Gasteiger partial charge in [-0.1, -0.05) is 47.3 Å². The van der Waals surface area contributed by atoms with Gasteiger partial charge in [0.15, 0.2) is 0 Å². The van der Waals surface area contributed by atoms with Gasteiger partial charge >= 0.3 is 0 Å². The molecule has 1 N–H and O–H groups in total. The molecule has 0 heterocycles. The number of nitrogens with zero attached hydrogens (tertiary/aromatic N) is 2. The molecule has 11 heteroatoms. The molecule has 1 aliphatic carbocycles. The number of sulfonamides is 1. The van der Waals surface area contributed by atoms with E-state index >= 15 is 0 Å². The molecular formula is C27H36BrN3O6S. The fraction of sp³-hybridized carbons (Fsp3) is 0.481. The first-order valence-electron chi connectivity index (χ1n) is 12.6. The molecule has 1 fully saturated rings. The second kappa shape index (κ2) is 13.3. The Bertz CT molecular complexity index is 1230. The Morgan fingerprint density at radius 3 is 2.39 bits per heavy atom. The maximum atomic E-state index is 13.8. The number of rotatable bonds is 11. The number of benzene rings is 2. The molecule has 9 nitrogen and oxygen atoms in total. The molecule has 0 radical (unpaired) electrons. The summed E-state index contributed by atoms with van der Waals surface area (Å²) in [7, 11) is -0.984. The lowest BCUT2D eigenvalue weighted by atomic mass is 9.95. The number of carbonyl (C=O) groups is 2. The van der Waals surface area contributed by atoms with E-state index < -0.39 is 28.5 Å². The molecule has 0 saturated heterocycles. The van der Waals surface area contributed by atoms with E-state index in [0.29, 0.717) is 5.75 Å². The minimum atomic E-state index is -3.89. The van der Waals surface area contributed by atoms with Crippen molar-refractivity contribution < 1.29 is 27.5 Å². The molecule has 38 heavy (non-hydrogen) atoms. The largest absolute Gasteiger partial charge is 0.497 e.